The lowest BCUT2D eigenvalue weighted by Gasteiger charge is -2.40. The fraction of sp³-hybridized carbons (Fsp3) is 0.444. The van der Waals surface area contributed by atoms with E-state index in [9.17, 15) is 15.0 Å². The second kappa shape index (κ2) is 9.74. The van der Waals surface area contributed by atoms with Gasteiger partial charge in [0, 0.05) is 12.0 Å². The largest absolute Gasteiger partial charge is 0.507 e. The predicted octanol–water partition coefficient (Wildman–Crippen LogP) is 5.63. The minimum Gasteiger partial charge on any atom is -0.507 e. The molecule has 6 nitrogen and oxygen atoms in total. The van der Waals surface area contributed by atoms with Crippen molar-refractivity contribution < 1.29 is 19.7 Å². The highest BCUT2D eigenvalue weighted by atomic mass is 32.1. The molecule has 1 atom stereocenters. The van der Waals surface area contributed by atoms with Gasteiger partial charge >= 0.3 is 4.87 Å². The summed E-state index contributed by atoms with van der Waals surface area (Å²) in [7, 11) is 0. The van der Waals surface area contributed by atoms with Gasteiger partial charge in [0.25, 0.3) is 0 Å². The van der Waals surface area contributed by atoms with Crippen molar-refractivity contribution in [3.63, 3.8) is 0 Å². The van der Waals surface area contributed by atoms with Crippen LogP contribution in [-0.4, -0.2) is 27.4 Å². The van der Waals surface area contributed by atoms with Gasteiger partial charge < -0.3 is 19.7 Å². The normalized spacial score (nSPS) is 17.4. The number of fused-ring (bicyclic) bond motifs is 1. The number of nitrogens with one attached hydrogen (secondary N) is 1. The monoisotopic (exact) mass is 483 g/mol. The number of aromatic nitrogens is 1. The van der Waals surface area contributed by atoms with Crippen LogP contribution in [-0.2, 0) is 12.8 Å². The summed E-state index contributed by atoms with van der Waals surface area (Å²) in [4.78, 5) is 14.2. The standard InChI is InChI=1S/C27H33NO5S/c1-16(2)9-11-27(12-10-21-18(4)24(29)17(3)13-22(21)33-27)15-32-20-7-5-19(6-8-20)14-23-25(30)28-26(31)34-23/h5-8,13,16,29-30H,9-12,14-15H2,1-4H3,(H,28,31). The van der Waals surface area contributed by atoms with Gasteiger partial charge in [-0.3, -0.25) is 9.78 Å². The van der Waals surface area contributed by atoms with Crippen LogP contribution in [0, 0.1) is 19.8 Å². The van der Waals surface area contributed by atoms with Gasteiger partial charge in [0.15, 0.2) is 0 Å². The SMILES string of the molecule is Cc1cc2c(c(C)c1O)CCC(CCC(C)C)(COc1ccc(Cc3sc(=O)[nH]c3O)cc1)O2. The van der Waals surface area contributed by atoms with Crippen LogP contribution in [0.25, 0.3) is 0 Å². The number of hydrogen-bond acceptors (Lipinski definition) is 6. The highest BCUT2D eigenvalue weighted by Crippen LogP contribution is 2.42. The number of aryl methyl sites for hydroxylation is 1. The second-order valence-corrected chi connectivity index (χ2v) is 10.8. The van der Waals surface area contributed by atoms with E-state index >= 15 is 0 Å². The lowest BCUT2D eigenvalue weighted by Crippen LogP contribution is -2.45. The van der Waals surface area contributed by atoms with Crippen LogP contribution in [0.3, 0.4) is 0 Å². The van der Waals surface area contributed by atoms with Crippen LogP contribution in [0.1, 0.15) is 60.2 Å². The highest BCUT2D eigenvalue weighted by molar-refractivity contribution is 7.09. The first-order chi connectivity index (χ1) is 16.2. The van der Waals surface area contributed by atoms with E-state index in [-0.39, 0.29) is 10.8 Å². The molecule has 0 aliphatic carbocycles. The average Bonchev–Trinajstić information content (AvgIpc) is 3.12. The lowest BCUT2D eigenvalue weighted by molar-refractivity contribution is -0.00960. The molecule has 2 heterocycles. The Labute approximate surface area is 204 Å². The Morgan fingerprint density at radius 2 is 1.94 bits per heavy atom. The molecule has 3 aromatic rings. The molecule has 1 unspecified atom stereocenters. The third-order valence-electron chi connectivity index (χ3n) is 6.65. The number of aromatic hydroxyl groups is 2. The van der Waals surface area contributed by atoms with Gasteiger partial charge in [-0.1, -0.05) is 37.3 Å². The zero-order valence-electron chi connectivity index (χ0n) is 20.2. The number of aromatic amines is 1. The quantitative estimate of drug-likeness (QED) is 0.386. The molecule has 0 spiro atoms. The van der Waals surface area contributed by atoms with Crippen molar-refractivity contribution in [3.8, 4) is 23.1 Å². The Morgan fingerprint density at radius 3 is 2.59 bits per heavy atom. The van der Waals surface area contributed by atoms with Crippen LogP contribution in [0.4, 0.5) is 0 Å². The molecular formula is C27H33NO5S. The van der Waals surface area contributed by atoms with Crippen LogP contribution >= 0.6 is 11.3 Å². The number of benzene rings is 2. The van der Waals surface area contributed by atoms with E-state index in [2.05, 4.69) is 18.8 Å². The molecule has 182 valence electrons. The van der Waals surface area contributed by atoms with Crippen molar-refractivity contribution >= 4 is 11.3 Å². The predicted molar refractivity (Wildman–Crippen MR) is 135 cm³/mol. The third kappa shape index (κ3) is 5.25. The number of rotatable bonds is 8. The van der Waals surface area contributed by atoms with E-state index in [0.29, 0.717) is 29.6 Å². The summed E-state index contributed by atoms with van der Waals surface area (Å²) >= 11 is 1.02. The lowest BCUT2D eigenvalue weighted by atomic mass is 9.84. The van der Waals surface area contributed by atoms with E-state index in [1.54, 1.807) is 0 Å². The van der Waals surface area contributed by atoms with E-state index in [4.69, 9.17) is 9.47 Å². The average molecular weight is 484 g/mol. The van der Waals surface area contributed by atoms with E-state index in [0.717, 1.165) is 70.8 Å². The molecule has 7 heteroatoms. The van der Waals surface area contributed by atoms with Crippen molar-refractivity contribution in [1.82, 2.24) is 4.98 Å². The fourth-order valence-electron chi connectivity index (χ4n) is 4.49. The molecular weight excluding hydrogens is 450 g/mol. The minimum atomic E-state index is -0.422. The van der Waals surface area contributed by atoms with Gasteiger partial charge in [0.1, 0.15) is 29.5 Å². The van der Waals surface area contributed by atoms with Crippen molar-refractivity contribution in [1.29, 1.82) is 0 Å². The summed E-state index contributed by atoms with van der Waals surface area (Å²) < 4.78 is 12.9. The van der Waals surface area contributed by atoms with E-state index in [1.165, 1.54) is 0 Å². The summed E-state index contributed by atoms with van der Waals surface area (Å²) in [5, 5.41) is 20.2. The number of phenols is 1. The molecule has 34 heavy (non-hydrogen) atoms. The van der Waals surface area contributed by atoms with Crippen molar-refractivity contribution in [3.05, 3.63) is 67.1 Å². The minimum absolute atomic E-state index is 0.0593. The molecule has 2 aromatic carbocycles. The Morgan fingerprint density at radius 1 is 1.21 bits per heavy atom. The highest BCUT2D eigenvalue weighted by Gasteiger charge is 2.38. The van der Waals surface area contributed by atoms with Crippen LogP contribution in [0.15, 0.2) is 35.1 Å². The maximum absolute atomic E-state index is 11.4. The number of H-pyrrole nitrogens is 1. The molecule has 0 fully saturated rings. The van der Waals surface area contributed by atoms with Gasteiger partial charge in [-0.05, 0) is 80.3 Å². The molecule has 4 rings (SSSR count). The molecule has 1 aliphatic rings. The van der Waals surface area contributed by atoms with Crippen molar-refractivity contribution in [2.75, 3.05) is 6.61 Å². The molecule has 0 radical (unpaired) electrons. The van der Waals surface area contributed by atoms with Gasteiger partial charge in [-0.2, -0.15) is 0 Å². The first-order valence-corrected chi connectivity index (χ1v) is 12.6. The smallest absolute Gasteiger partial charge is 0.307 e. The van der Waals surface area contributed by atoms with Crippen molar-refractivity contribution in [2.24, 2.45) is 5.92 Å². The summed E-state index contributed by atoms with van der Waals surface area (Å²) in [6.07, 6.45) is 4.10. The zero-order chi connectivity index (χ0) is 24.5. The molecule has 0 amide bonds. The van der Waals surface area contributed by atoms with Gasteiger partial charge in [-0.25, -0.2) is 0 Å². The maximum atomic E-state index is 11.4. The number of hydrogen-bond donors (Lipinski definition) is 3. The summed E-state index contributed by atoms with van der Waals surface area (Å²) in [5.41, 5.74) is 3.38. The molecule has 0 saturated heterocycles. The van der Waals surface area contributed by atoms with E-state index < -0.39 is 5.60 Å². The zero-order valence-corrected chi connectivity index (χ0v) is 21.1. The Hall–Kier alpha value is -2.93. The summed E-state index contributed by atoms with van der Waals surface area (Å²) in [6.45, 7) is 8.73. The van der Waals surface area contributed by atoms with Crippen LogP contribution < -0.4 is 14.3 Å². The summed E-state index contributed by atoms with van der Waals surface area (Å²) in [5.74, 6) is 2.47. The fourth-order valence-corrected chi connectivity index (χ4v) is 5.25. The molecule has 0 saturated carbocycles. The Bertz CT molecular complexity index is 1210. The molecule has 1 aliphatic heterocycles. The van der Waals surface area contributed by atoms with Crippen LogP contribution in [0.2, 0.25) is 0 Å². The molecule has 3 N–H and O–H groups in total. The molecule has 0 bridgehead atoms. The third-order valence-corrected chi connectivity index (χ3v) is 7.52. The van der Waals surface area contributed by atoms with Gasteiger partial charge in [0.05, 0.1) is 4.88 Å². The van der Waals surface area contributed by atoms with E-state index in [1.807, 2.05) is 44.2 Å². The number of thiazole rings is 1. The maximum Gasteiger partial charge on any atom is 0.307 e. The first kappa shape index (κ1) is 24.2. The number of phenolic OH excluding ortho intramolecular Hbond substituents is 1. The Balaban J connectivity index is 1.49. The first-order valence-electron chi connectivity index (χ1n) is 11.8. The summed E-state index contributed by atoms with van der Waals surface area (Å²) in [6, 6.07) is 9.68. The topological polar surface area (TPSA) is 91.8 Å². The number of ether oxygens (including phenoxy) is 2. The Kier molecular flexibility index (Phi) is 6.94. The van der Waals surface area contributed by atoms with Crippen molar-refractivity contribution in [2.45, 2.75) is 65.4 Å². The second-order valence-electron chi connectivity index (χ2n) is 9.76. The molecule has 1 aromatic heterocycles. The van der Waals surface area contributed by atoms with Crippen LogP contribution in [0.5, 0.6) is 23.1 Å². The van der Waals surface area contributed by atoms with Gasteiger partial charge in [-0.15, -0.1) is 0 Å². The van der Waals surface area contributed by atoms with Gasteiger partial charge in [0.2, 0.25) is 5.88 Å².